The first-order chi connectivity index (χ1) is 12.5. The first-order valence-electron chi connectivity index (χ1n) is 8.81. The van der Waals surface area contributed by atoms with E-state index in [-0.39, 0.29) is 5.91 Å². The van der Waals surface area contributed by atoms with Gasteiger partial charge in [-0.2, -0.15) is 5.10 Å². The molecule has 1 N–H and O–H groups in total. The molecule has 0 aliphatic carbocycles. The van der Waals surface area contributed by atoms with E-state index in [0.717, 1.165) is 16.7 Å². The van der Waals surface area contributed by atoms with Gasteiger partial charge in [0, 0.05) is 0 Å². The molecule has 2 aromatic carbocycles. The lowest BCUT2D eigenvalue weighted by atomic mass is 10.0. The quantitative estimate of drug-likeness (QED) is 0.579. The van der Waals surface area contributed by atoms with Gasteiger partial charge in [-0.3, -0.25) is 4.79 Å². The van der Waals surface area contributed by atoms with Crippen LogP contribution in [0.4, 0.5) is 0 Å². The minimum Gasteiger partial charge on any atom is -0.490 e. The van der Waals surface area contributed by atoms with E-state index in [2.05, 4.69) is 16.6 Å². The van der Waals surface area contributed by atoms with Crippen molar-refractivity contribution in [2.75, 3.05) is 13.2 Å². The van der Waals surface area contributed by atoms with Crippen molar-refractivity contribution in [1.82, 2.24) is 5.43 Å². The van der Waals surface area contributed by atoms with E-state index < -0.39 is 0 Å². The summed E-state index contributed by atoms with van der Waals surface area (Å²) in [5.74, 6) is 1.22. The van der Waals surface area contributed by atoms with E-state index in [1.807, 2.05) is 58.0 Å². The van der Waals surface area contributed by atoms with Crippen LogP contribution in [0, 0.1) is 13.8 Å². The summed E-state index contributed by atoms with van der Waals surface area (Å²) in [5.41, 5.74) is 6.69. The van der Waals surface area contributed by atoms with Crippen LogP contribution in [0.3, 0.4) is 0 Å². The molecule has 5 heteroatoms. The summed E-state index contributed by atoms with van der Waals surface area (Å²) in [6.45, 7) is 9.01. The van der Waals surface area contributed by atoms with Gasteiger partial charge in [0.2, 0.25) is 5.91 Å². The number of amides is 1. The Hall–Kier alpha value is -2.82. The molecule has 26 heavy (non-hydrogen) atoms. The smallest absolute Gasteiger partial charge is 0.244 e. The Bertz CT molecular complexity index is 785. The molecule has 0 unspecified atom stereocenters. The van der Waals surface area contributed by atoms with E-state index in [1.54, 1.807) is 6.21 Å². The van der Waals surface area contributed by atoms with Gasteiger partial charge in [-0.15, -0.1) is 0 Å². The van der Waals surface area contributed by atoms with E-state index in [9.17, 15) is 4.79 Å². The van der Waals surface area contributed by atoms with Gasteiger partial charge in [0.1, 0.15) is 0 Å². The molecule has 0 bridgehead atoms. The Morgan fingerprint density at radius 2 is 1.77 bits per heavy atom. The van der Waals surface area contributed by atoms with Gasteiger partial charge in [-0.1, -0.05) is 23.8 Å². The van der Waals surface area contributed by atoms with Gasteiger partial charge >= 0.3 is 0 Å². The summed E-state index contributed by atoms with van der Waals surface area (Å²) in [6.07, 6.45) is 1.90. The molecule has 0 heterocycles. The zero-order valence-electron chi connectivity index (χ0n) is 15.8. The van der Waals surface area contributed by atoms with E-state index >= 15 is 0 Å². The fraction of sp³-hybridized carbons (Fsp3) is 0.333. The first kappa shape index (κ1) is 19.5. The lowest BCUT2D eigenvalue weighted by Gasteiger charge is -2.11. The molecule has 2 aromatic rings. The second-order valence-electron chi connectivity index (χ2n) is 5.97. The molecule has 2 rings (SSSR count). The number of hydrogen-bond acceptors (Lipinski definition) is 4. The standard InChI is InChI=1S/C21H26N2O3/c1-5-25-19-10-8-17(12-20(19)26-6-2)14-22-23-21(24)13-18-9-7-15(3)11-16(18)4/h7-12,14H,5-6,13H2,1-4H3,(H,23,24)/b22-14-. The highest BCUT2D eigenvalue weighted by atomic mass is 16.5. The minimum absolute atomic E-state index is 0.149. The third-order valence-electron chi connectivity index (χ3n) is 3.82. The largest absolute Gasteiger partial charge is 0.490 e. The number of hydrazone groups is 1. The Balaban J connectivity index is 1.98. The highest BCUT2D eigenvalue weighted by Gasteiger charge is 2.07. The maximum absolute atomic E-state index is 12.1. The number of aryl methyl sites for hydroxylation is 2. The van der Waals surface area contributed by atoms with Gasteiger partial charge in [0.15, 0.2) is 11.5 Å². The van der Waals surface area contributed by atoms with E-state index in [4.69, 9.17) is 9.47 Å². The van der Waals surface area contributed by atoms with Crippen LogP contribution in [-0.2, 0) is 11.2 Å². The number of ether oxygens (including phenoxy) is 2. The van der Waals surface area contributed by atoms with Crippen molar-refractivity contribution in [3.05, 3.63) is 58.7 Å². The number of carbonyl (C=O) groups is 1. The second kappa shape index (κ2) is 9.61. The lowest BCUT2D eigenvalue weighted by molar-refractivity contribution is -0.120. The molecular formula is C21H26N2O3. The van der Waals surface area contributed by atoms with Crippen molar-refractivity contribution in [2.45, 2.75) is 34.1 Å². The molecule has 0 aliphatic heterocycles. The molecule has 0 saturated heterocycles. The topological polar surface area (TPSA) is 59.9 Å². The van der Waals surface area contributed by atoms with Crippen LogP contribution in [0.2, 0.25) is 0 Å². The predicted octanol–water partition coefficient (Wildman–Crippen LogP) is 3.79. The predicted molar refractivity (Wildman–Crippen MR) is 104 cm³/mol. The zero-order valence-corrected chi connectivity index (χ0v) is 15.8. The maximum atomic E-state index is 12.1. The van der Waals surface area contributed by atoms with Gasteiger partial charge in [0.05, 0.1) is 25.8 Å². The summed E-state index contributed by atoms with van der Waals surface area (Å²) in [7, 11) is 0. The Kier molecular flexibility index (Phi) is 7.21. The van der Waals surface area contributed by atoms with Crippen LogP contribution in [-0.4, -0.2) is 25.3 Å². The third-order valence-corrected chi connectivity index (χ3v) is 3.82. The van der Waals surface area contributed by atoms with Crippen molar-refractivity contribution in [3.63, 3.8) is 0 Å². The number of hydrogen-bond donors (Lipinski definition) is 1. The maximum Gasteiger partial charge on any atom is 0.244 e. The molecule has 0 saturated carbocycles. The highest BCUT2D eigenvalue weighted by Crippen LogP contribution is 2.27. The summed E-state index contributed by atoms with van der Waals surface area (Å²) in [4.78, 5) is 12.1. The fourth-order valence-corrected chi connectivity index (χ4v) is 2.58. The SMILES string of the molecule is CCOc1ccc(/C=N\NC(=O)Cc2ccc(C)cc2C)cc1OCC. The molecule has 0 aromatic heterocycles. The van der Waals surface area contributed by atoms with Crippen LogP contribution in [0.1, 0.15) is 36.1 Å². The number of benzene rings is 2. The molecule has 138 valence electrons. The Morgan fingerprint density at radius 3 is 2.46 bits per heavy atom. The minimum atomic E-state index is -0.149. The summed E-state index contributed by atoms with van der Waals surface area (Å²) in [5, 5.41) is 4.04. The summed E-state index contributed by atoms with van der Waals surface area (Å²) in [6, 6.07) is 11.6. The van der Waals surface area contributed by atoms with Gasteiger partial charge in [-0.25, -0.2) is 5.43 Å². The Labute approximate surface area is 155 Å². The van der Waals surface area contributed by atoms with Crippen LogP contribution >= 0.6 is 0 Å². The van der Waals surface area contributed by atoms with E-state index in [1.165, 1.54) is 5.56 Å². The van der Waals surface area contributed by atoms with Crippen LogP contribution in [0.25, 0.3) is 0 Å². The van der Waals surface area contributed by atoms with Gasteiger partial charge < -0.3 is 9.47 Å². The molecular weight excluding hydrogens is 328 g/mol. The molecule has 0 radical (unpaired) electrons. The summed E-state index contributed by atoms with van der Waals surface area (Å²) < 4.78 is 11.1. The van der Waals surface area contributed by atoms with Crippen LogP contribution < -0.4 is 14.9 Å². The molecule has 0 atom stereocenters. The highest BCUT2D eigenvalue weighted by molar-refractivity contribution is 5.84. The monoisotopic (exact) mass is 354 g/mol. The van der Waals surface area contributed by atoms with Crippen LogP contribution in [0.5, 0.6) is 11.5 Å². The molecule has 5 nitrogen and oxygen atoms in total. The second-order valence-corrected chi connectivity index (χ2v) is 5.97. The van der Waals surface area contributed by atoms with E-state index in [0.29, 0.717) is 31.1 Å². The molecule has 0 fully saturated rings. The van der Waals surface area contributed by atoms with Crippen molar-refractivity contribution < 1.29 is 14.3 Å². The van der Waals surface area contributed by atoms with Crippen LogP contribution in [0.15, 0.2) is 41.5 Å². The van der Waals surface area contributed by atoms with Crippen molar-refractivity contribution in [3.8, 4) is 11.5 Å². The Morgan fingerprint density at radius 1 is 1.04 bits per heavy atom. The average molecular weight is 354 g/mol. The van der Waals surface area contributed by atoms with Crippen molar-refractivity contribution in [2.24, 2.45) is 5.10 Å². The fourth-order valence-electron chi connectivity index (χ4n) is 2.58. The zero-order chi connectivity index (χ0) is 18.9. The van der Waals surface area contributed by atoms with Gasteiger partial charge in [-0.05, 0) is 62.6 Å². The number of nitrogens with one attached hydrogen (secondary N) is 1. The molecule has 0 spiro atoms. The number of carbonyl (C=O) groups excluding carboxylic acids is 1. The third kappa shape index (κ3) is 5.62. The molecule has 1 amide bonds. The molecule has 0 aliphatic rings. The van der Waals surface area contributed by atoms with Gasteiger partial charge in [0.25, 0.3) is 0 Å². The first-order valence-corrected chi connectivity index (χ1v) is 8.81. The lowest BCUT2D eigenvalue weighted by Crippen LogP contribution is -2.20. The average Bonchev–Trinajstić information content (AvgIpc) is 2.60. The van der Waals surface area contributed by atoms with Crippen molar-refractivity contribution >= 4 is 12.1 Å². The number of nitrogens with zero attached hydrogens (tertiary/aromatic N) is 1. The summed E-state index contributed by atoms with van der Waals surface area (Å²) >= 11 is 0. The normalized spacial score (nSPS) is 10.8. The number of rotatable bonds is 8. The van der Waals surface area contributed by atoms with Crippen molar-refractivity contribution in [1.29, 1.82) is 0 Å².